The van der Waals surface area contributed by atoms with E-state index in [-0.39, 0.29) is 11.6 Å². The lowest BCUT2D eigenvalue weighted by Gasteiger charge is -2.16. The molecule has 0 saturated carbocycles. The molecule has 0 aliphatic carbocycles. The van der Waals surface area contributed by atoms with Crippen molar-refractivity contribution in [3.05, 3.63) is 186 Å². The third-order valence-electron chi connectivity index (χ3n) is 8.10. The van der Waals surface area contributed by atoms with Crippen molar-refractivity contribution in [2.75, 3.05) is 10.6 Å². The standard InChI is InChI=1S/C45H39N3O5S/c1-2-42(45(51)46-35-23-27-39(28-24-35)53-38-18-10-5-11-19-38)54-40-20-12-17-36(30-40)47-44(50)41(48-43(49)34-15-8-4-9-16-34)29-32-21-25-37(26-22-32)52-31-33-13-6-3-7-14-33/h3-30,42H,2,31H2,1H3,(H,46,51)(H,47,50)(H,48,49)/b41-29+. The summed E-state index contributed by atoms with van der Waals surface area (Å²) in [6, 6.07) is 49.9. The summed E-state index contributed by atoms with van der Waals surface area (Å²) in [5.41, 5.74) is 3.40. The Balaban J connectivity index is 1.11. The van der Waals surface area contributed by atoms with Crippen molar-refractivity contribution < 1.29 is 23.9 Å². The van der Waals surface area contributed by atoms with E-state index in [0.717, 1.165) is 16.2 Å². The quantitative estimate of drug-likeness (QED) is 0.0717. The van der Waals surface area contributed by atoms with Crippen molar-refractivity contribution in [3.8, 4) is 17.2 Å². The number of ether oxygens (including phenoxy) is 2. The molecule has 1 atom stereocenters. The average molecular weight is 734 g/mol. The first kappa shape index (κ1) is 37.2. The van der Waals surface area contributed by atoms with Gasteiger partial charge in [-0.25, -0.2) is 0 Å². The van der Waals surface area contributed by atoms with Gasteiger partial charge >= 0.3 is 0 Å². The zero-order valence-corrected chi connectivity index (χ0v) is 30.4. The first-order chi connectivity index (χ1) is 26.4. The molecule has 8 nitrogen and oxygen atoms in total. The molecule has 0 saturated heterocycles. The summed E-state index contributed by atoms with van der Waals surface area (Å²) < 4.78 is 11.8. The maximum Gasteiger partial charge on any atom is 0.272 e. The van der Waals surface area contributed by atoms with Crippen LogP contribution in [0.2, 0.25) is 0 Å². The highest BCUT2D eigenvalue weighted by molar-refractivity contribution is 8.00. The van der Waals surface area contributed by atoms with Crippen LogP contribution in [0.1, 0.15) is 34.8 Å². The zero-order chi connectivity index (χ0) is 37.5. The van der Waals surface area contributed by atoms with E-state index in [4.69, 9.17) is 9.47 Å². The monoisotopic (exact) mass is 733 g/mol. The van der Waals surface area contributed by atoms with Crippen molar-refractivity contribution in [3.63, 3.8) is 0 Å². The van der Waals surface area contributed by atoms with E-state index in [0.29, 0.717) is 47.0 Å². The number of hydrogen-bond donors (Lipinski definition) is 3. The van der Waals surface area contributed by atoms with Gasteiger partial charge in [-0.15, -0.1) is 11.8 Å². The molecule has 0 aliphatic rings. The summed E-state index contributed by atoms with van der Waals surface area (Å²) >= 11 is 1.40. The fraction of sp³-hybridized carbons (Fsp3) is 0.0889. The van der Waals surface area contributed by atoms with Gasteiger partial charge in [-0.3, -0.25) is 14.4 Å². The molecule has 6 aromatic rings. The molecule has 0 fully saturated rings. The molecule has 1 unspecified atom stereocenters. The molecule has 0 aromatic heterocycles. The smallest absolute Gasteiger partial charge is 0.272 e. The second-order valence-electron chi connectivity index (χ2n) is 12.1. The van der Waals surface area contributed by atoms with Gasteiger partial charge in [0, 0.05) is 21.8 Å². The van der Waals surface area contributed by atoms with Crippen molar-refractivity contribution in [2.45, 2.75) is 30.1 Å². The summed E-state index contributed by atoms with van der Waals surface area (Å²) in [6.07, 6.45) is 2.20. The first-order valence-electron chi connectivity index (χ1n) is 17.5. The third-order valence-corrected chi connectivity index (χ3v) is 9.46. The third kappa shape index (κ3) is 11.0. The Kier molecular flexibility index (Phi) is 12.9. The Morgan fingerprint density at radius 2 is 1.28 bits per heavy atom. The minimum Gasteiger partial charge on any atom is -0.489 e. The maximum atomic E-state index is 13.7. The number of para-hydroxylation sites is 1. The summed E-state index contributed by atoms with van der Waals surface area (Å²) in [7, 11) is 0. The van der Waals surface area contributed by atoms with Gasteiger partial charge in [0.2, 0.25) is 5.91 Å². The highest BCUT2D eigenvalue weighted by Crippen LogP contribution is 2.30. The van der Waals surface area contributed by atoms with Crippen LogP contribution >= 0.6 is 11.8 Å². The Morgan fingerprint density at radius 1 is 0.648 bits per heavy atom. The van der Waals surface area contributed by atoms with E-state index in [2.05, 4.69) is 16.0 Å². The molecule has 6 rings (SSSR count). The van der Waals surface area contributed by atoms with E-state index in [1.165, 1.54) is 11.8 Å². The molecule has 6 aromatic carbocycles. The molecule has 0 aliphatic heterocycles. The molecule has 0 radical (unpaired) electrons. The molecular weight excluding hydrogens is 695 g/mol. The maximum absolute atomic E-state index is 13.7. The van der Waals surface area contributed by atoms with Crippen LogP contribution < -0.4 is 25.4 Å². The minimum absolute atomic E-state index is 0.0610. The van der Waals surface area contributed by atoms with Crippen LogP contribution in [0, 0.1) is 0 Å². The van der Waals surface area contributed by atoms with E-state index in [1.807, 2.05) is 128 Å². The van der Waals surface area contributed by atoms with Crippen molar-refractivity contribution in [2.24, 2.45) is 0 Å². The molecule has 3 N–H and O–H groups in total. The first-order valence-corrected chi connectivity index (χ1v) is 18.4. The predicted molar refractivity (Wildman–Crippen MR) is 216 cm³/mol. The fourth-order valence-corrected chi connectivity index (χ4v) is 6.31. The molecule has 9 heteroatoms. The summed E-state index contributed by atoms with van der Waals surface area (Å²) in [5, 5.41) is 8.31. The Bertz CT molecular complexity index is 2180. The molecule has 0 heterocycles. The van der Waals surface area contributed by atoms with Crippen LogP contribution in [-0.4, -0.2) is 23.0 Å². The second kappa shape index (κ2) is 18.8. The second-order valence-corrected chi connectivity index (χ2v) is 13.4. The number of carbonyl (C=O) groups is 3. The lowest BCUT2D eigenvalue weighted by molar-refractivity contribution is -0.116. The van der Waals surface area contributed by atoms with Crippen LogP contribution in [0.3, 0.4) is 0 Å². The van der Waals surface area contributed by atoms with Crippen molar-refractivity contribution >= 4 is 46.9 Å². The minimum atomic E-state index is -0.504. The highest BCUT2D eigenvalue weighted by Gasteiger charge is 2.20. The molecule has 54 heavy (non-hydrogen) atoms. The summed E-state index contributed by atoms with van der Waals surface area (Å²) in [5.74, 6) is 1.01. The van der Waals surface area contributed by atoms with E-state index in [9.17, 15) is 14.4 Å². The van der Waals surface area contributed by atoms with Crippen LogP contribution in [0.5, 0.6) is 17.2 Å². The lowest BCUT2D eigenvalue weighted by atomic mass is 10.1. The van der Waals surface area contributed by atoms with Crippen molar-refractivity contribution in [1.29, 1.82) is 0 Å². The summed E-state index contributed by atoms with van der Waals surface area (Å²) in [6.45, 7) is 2.38. The Hall–Kier alpha value is -6.58. The number of thioether (sulfide) groups is 1. The van der Waals surface area contributed by atoms with Crippen molar-refractivity contribution in [1.82, 2.24) is 5.32 Å². The molecule has 3 amide bonds. The van der Waals surface area contributed by atoms with Crippen LogP contribution in [-0.2, 0) is 16.2 Å². The van der Waals surface area contributed by atoms with Gasteiger partial charge in [-0.1, -0.05) is 91.9 Å². The predicted octanol–water partition coefficient (Wildman–Crippen LogP) is 9.98. The molecule has 0 spiro atoms. The molecule has 0 bridgehead atoms. The van der Waals surface area contributed by atoms with E-state index >= 15 is 0 Å². The normalized spacial score (nSPS) is 11.5. The average Bonchev–Trinajstić information content (AvgIpc) is 3.21. The molecular formula is C45H39N3O5S. The number of rotatable bonds is 15. The van der Waals surface area contributed by atoms with Gasteiger partial charge in [0.1, 0.15) is 29.6 Å². The van der Waals surface area contributed by atoms with Gasteiger partial charge < -0.3 is 25.4 Å². The SMILES string of the molecule is CCC(Sc1cccc(NC(=O)/C(=C\c2ccc(OCc3ccccc3)cc2)NC(=O)c2ccccc2)c1)C(=O)Nc1ccc(Oc2ccccc2)cc1. The topological polar surface area (TPSA) is 106 Å². The van der Waals surface area contributed by atoms with E-state index in [1.54, 1.807) is 48.5 Å². The zero-order valence-electron chi connectivity index (χ0n) is 29.6. The van der Waals surface area contributed by atoms with Gasteiger partial charge in [-0.2, -0.15) is 0 Å². The fourth-order valence-electron chi connectivity index (χ4n) is 5.30. The van der Waals surface area contributed by atoms with Crippen LogP contribution in [0.15, 0.2) is 174 Å². The summed E-state index contributed by atoms with van der Waals surface area (Å²) in [4.78, 5) is 41.0. The van der Waals surface area contributed by atoms with Crippen LogP contribution in [0.25, 0.3) is 6.08 Å². The Morgan fingerprint density at radius 3 is 1.96 bits per heavy atom. The number of carbonyl (C=O) groups excluding carboxylic acids is 3. The van der Waals surface area contributed by atoms with Crippen LogP contribution in [0.4, 0.5) is 11.4 Å². The van der Waals surface area contributed by atoms with Gasteiger partial charge in [0.05, 0.1) is 5.25 Å². The Labute approximate surface area is 319 Å². The lowest BCUT2D eigenvalue weighted by Crippen LogP contribution is -2.30. The number of anilines is 2. The number of benzene rings is 6. The van der Waals surface area contributed by atoms with Gasteiger partial charge in [-0.05, 0) is 102 Å². The van der Waals surface area contributed by atoms with Gasteiger partial charge in [0.15, 0.2) is 0 Å². The van der Waals surface area contributed by atoms with E-state index < -0.39 is 17.1 Å². The number of hydrogen-bond acceptors (Lipinski definition) is 6. The number of nitrogens with one attached hydrogen (secondary N) is 3. The largest absolute Gasteiger partial charge is 0.489 e. The highest BCUT2D eigenvalue weighted by atomic mass is 32.2. The number of amides is 3. The van der Waals surface area contributed by atoms with Gasteiger partial charge in [0.25, 0.3) is 11.8 Å². The molecule has 270 valence electrons.